The van der Waals surface area contributed by atoms with Crippen molar-refractivity contribution in [2.24, 2.45) is 0 Å². The molecule has 0 aliphatic rings. The highest BCUT2D eigenvalue weighted by Crippen LogP contribution is 2.28. The van der Waals surface area contributed by atoms with Gasteiger partial charge in [-0.1, -0.05) is 12.1 Å². The van der Waals surface area contributed by atoms with Gasteiger partial charge in [0.25, 0.3) is 0 Å². The van der Waals surface area contributed by atoms with Crippen molar-refractivity contribution in [2.45, 2.75) is 26.4 Å². The van der Waals surface area contributed by atoms with Crippen molar-refractivity contribution in [3.8, 4) is 0 Å². The Balaban J connectivity index is 1.20. The van der Waals surface area contributed by atoms with Gasteiger partial charge in [0.05, 0.1) is 29.4 Å². The molecule has 0 saturated heterocycles. The SMILES string of the molecule is CC(C)(C)OC(=O)Nc1ccc2cc(C(=O)OCCOCCNc3ccc([N+](=O)[O-])c4nonc34)ccc2c1. The van der Waals surface area contributed by atoms with Crippen LogP contribution in [0.1, 0.15) is 31.1 Å². The van der Waals surface area contributed by atoms with Crippen LogP contribution in [0.5, 0.6) is 0 Å². The van der Waals surface area contributed by atoms with Gasteiger partial charge in [-0.15, -0.1) is 0 Å². The molecule has 204 valence electrons. The summed E-state index contributed by atoms with van der Waals surface area (Å²) < 4.78 is 20.7. The number of hydrogen-bond donors (Lipinski definition) is 2. The van der Waals surface area contributed by atoms with Crippen LogP contribution in [0, 0.1) is 10.1 Å². The van der Waals surface area contributed by atoms with Crippen molar-refractivity contribution in [2.75, 3.05) is 37.0 Å². The number of fused-ring (bicyclic) bond motifs is 2. The average molecular weight is 538 g/mol. The number of amides is 1. The highest BCUT2D eigenvalue weighted by atomic mass is 16.6. The molecule has 13 heteroatoms. The van der Waals surface area contributed by atoms with Gasteiger partial charge in [0, 0.05) is 18.3 Å². The summed E-state index contributed by atoms with van der Waals surface area (Å²) in [4.78, 5) is 34.9. The second-order valence-electron chi connectivity index (χ2n) is 9.43. The molecule has 1 aromatic heterocycles. The highest BCUT2D eigenvalue weighted by molar-refractivity contribution is 5.97. The van der Waals surface area contributed by atoms with Gasteiger partial charge in [0.15, 0.2) is 5.52 Å². The third kappa shape index (κ3) is 7.17. The number of carbonyl (C=O) groups is 2. The summed E-state index contributed by atoms with van der Waals surface area (Å²) in [6, 6.07) is 13.3. The smallest absolute Gasteiger partial charge is 0.412 e. The Bertz CT molecular complexity index is 1510. The zero-order chi connectivity index (χ0) is 28.0. The predicted molar refractivity (Wildman–Crippen MR) is 142 cm³/mol. The van der Waals surface area contributed by atoms with E-state index in [0.29, 0.717) is 23.5 Å². The lowest BCUT2D eigenvalue weighted by Gasteiger charge is -2.19. The van der Waals surface area contributed by atoms with Gasteiger partial charge in [0.2, 0.25) is 5.52 Å². The lowest BCUT2D eigenvalue weighted by atomic mass is 10.1. The number of anilines is 2. The molecular formula is C26H27N5O8. The molecule has 39 heavy (non-hydrogen) atoms. The first-order valence-electron chi connectivity index (χ1n) is 12.0. The molecule has 0 unspecified atom stereocenters. The van der Waals surface area contributed by atoms with E-state index in [0.717, 1.165) is 10.8 Å². The van der Waals surface area contributed by atoms with Gasteiger partial charge < -0.3 is 19.5 Å². The Morgan fingerprint density at radius 2 is 1.72 bits per heavy atom. The number of nitro groups is 1. The minimum absolute atomic E-state index is 0.0597. The van der Waals surface area contributed by atoms with Crippen molar-refractivity contribution in [3.63, 3.8) is 0 Å². The fourth-order valence-corrected chi connectivity index (χ4v) is 3.65. The molecular weight excluding hydrogens is 510 g/mol. The van der Waals surface area contributed by atoms with Gasteiger partial charge in [-0.05, 0) is 72.2 Å². The van der Waals surface area contributed by atoms with Crippen molar-refractivity contribution < 1.29 is 33.4 Å². The van der Waals surface area contributed by atoms with E-state index >= 15 is 0 Å². The van der Waals surface area contributed by atoms with E-state index in [1.54, 1.807) is 57.2 Å². The van der Waals surface area contributed by atoms with Crippen LogP contribution < -0.4 is 10.6 Å². The zero-order valence-electron chi connectivity index (χ0n) is 21.6. The van der Waals surface area contributed by atoms with Crippen LogP contribution in [-0.2, 0) is 14.2 Å². The molecule has 0 bridgehead atoms. The molecule has 4 aromatic rings. The van der Waals surface area contributed by atoms with E-state index in [2.05, 4.69) is 25.6 Å². The summed E-state index contributed by atoms with van der Waals surface area (Å²) in [7, 11) is 0. The zero-order valence-corrected chi connectivity index (χ0v) is 21.6. The summed E-state index contributed by atoms with van der Waals surface area (Å²) >= 11 is 0. The minimum atomic E-state index is -0.601. The maximum atomic E-state index is 12.4. The Kier molecular flexibility index (Phi) is 8.20. The quantitative estimate of drug-likeness (QED) is 0.122. The first-order chi connectivity index (χ1) is 18.6. The predicted octanol–water partition coefficient (Wildman–Crippen LogP) is 4.92. The second kappa shape index (κ2) is 11.7. The van der Waals surface area contributed by atoms with Gasteiger partial charge in [-0.25, -0.2) is 14.2 Å². The Labute approximate surface area is 222 Å². The summed E-state index contributed by atoms with van der Waals surface area (Å²) in [5.41, 5.74) is 1.01. The van der Waals surface area contributed by atoms with Crippen molar-refractivity contribution >= 4 is 50.9 Å². The largest absolute Gasteiger partial charge is 0.460 e. The highest BCUT2D eigenvalue weighted by Gasteiger charge is 2.19. The number of carbonyl (C=O) groups excluding carboxylic acids is 2. The molecule has 0 saturated carbocycles. The van der Waals surface area contributed by atoms with E-state index in [1.165, 1.54) is 12.1 Å². The molecule has 2 N–H and O–H groups in total. The number of non-ortho nitro benzene ring substituents is 1. The maximum absolute atomic E-state index is 12.4. The number of nitrogens with zero attached hydrogens (tertiary/aromatic N) is 3. The summed E-state index contributed by atoms with van der Waals surface area (Å²) in [6.07, 6.45) is -0.545. The lowest BCUT2D eigenvalue weighted by molar-refractivity contribution is -0.383. The fourth-order valence-electron chi connectivity index (χ4n) is 3.65. The monoisotopic (exact) mass is 537 g/mol. The molecule has 1 amide bonds. The number of aromatic nitrogens is 2. The molecule has 4 rings (SSSR count). The van der Waals surface area contributed by atoms with Crippen LogP contribution in [0.4, 0.5) is 21.9 Å². The van der Waals surface area contributed by atoms with E-state index in [-0.39, 0.29) is 36.5 Å². The topological polar surface area (TPSA) is 168 Å². The van der Waals surface area contributed by atoms with Gasteiger partial charge in [0.1, 0.15) is 12.2 Å². The number of nitro benzene ring substituents is 1. The summed E-state index contributed by atoms with van der Waals surface area (Å²) in [6.45, 7) is 6.27. The third-order valence-electron chi connectivity index (χ3n) is 5.33. The Morgan fingerprint density at radius 3 is 2.49 bits per heavy atom. The molecule has 3 aromatic carbocycles. The van der Waals surface area contributed by atoms with E-state index in [1.807, 2.05) is 0 Å². The normalized spacial score (nSPS) is 11.4. The number of benzene rings is 3. The van der Waals surface area contributed by atoms with E-state index in [4.69, 9.17) is 14.2 Å². The van der Waals surface area contributed by atoms with E-state index < -0.39 is 22.6 Å². The lowest BCUT2D eigenvalue weighted by Crippen LogP contribution is -2.27. The number of ether oxygens (including phenoxy) is 3. The molecule has 0 aliphatic heterocycles. The molecule has 0 fully saturated rings. The molecule has 0 radical (unpaired) electrons. The fraction of sp³-hybridized carbons (Fsp3) is 0.308. The number of rotatable bonds is 10. The van der Waals surface area contributed by atoms with Crippen LogP contribution in [0.2, 0.25) is 0 Å². The average Bonchev–Trinajstić information content (AvgIpc) is 3.36. The molecule has 0 aliphatic carbocycles. The van der Waals surface area contributed by atoms with Crippen molar-refractivity contribution in [3.05, 3.63) is 64.2 Å². The van der Waals surface area contributed by atoms with Gasteiger partial charge in [-0.2, -0.15) is 0 Å². The molecule has 1 heterocycles. The van der Waals surface area contributed by atoms with Crippen LogP contribution >= 0.6 is 0 Å². The van der Waals surface area contributed by atoms with Crippen LogP contribution in [0.3, 0.4) is 0 Å². The van der Waals surface area contributed by atoms with Crippen molar-refractivity contribution in [1.29, 1.82) is 0 Å². The Morgan fingerprint density at radius 1 is 0.974 bits per heavy atom. The number of hydrogen-bond acceptors (Lipinski definition) is 11. The van der Waals surface area contributed by atoms with Gasteiger partial charge in [-0.3, -0.25) is 15.4 Å². The number of nitrogens with one attached hydrogen (secondary N) is 2. The second-order valence-corrected chi connectivity index (χ2v) is 9.43. The maximum Gasteiger partial charge on any atom is 0.412 e. The van der Waals surface area contributed by atoms with Gasteiger partial charge >= 0.3 is 17.7 Å². The summed E-state index contributed by atoms with van der Waals surface area (Å²) in [5, 5.41) is 25.8. The van der Waals surface area contributed by atoms with E-state index in [9.17, 15) is 19.7 Å². The standard InChI is InChI=1S/C26H27N5O8/c1-26(2,3)38-25(33)28-19-7-6-16-14-18(5-4-17(16)15-19)24(32)37-13-12-36-11-10-27-20-8-9-21(31(34)35)23-22(20)29-39-30-23/h4-9,14-15,27H,10-13H2,1-3H3,(H,28,33). The Hall–Kier alpha value is -4.78. The molecule has 0 atom stereocenters. The van der Waals surface area contributed by atoms with Crippen molar-refractivity contribution in [1.82, 2.24) is 10.3 Å². The molecule has 0 spiro atoms. The van der Waals surface area contributed by atoms with Crippen LogP contribution in [-0.4, -0.2) is 59.3 Å². The summed E-state index contributed by atoms with van der Waals surface area (Å²) in [5.74, 6) is -0.485. The van der Waals surface area contributed by atoms with Crippen LogP contribution in [0.15, 0.2) is 53.2 Å². The third-order valence-corrected chi connectivity index (χ3v) is 5.33. The molecule has 13 nitrogen and oxygen atoms in total. The first-order valence-corrected chi connectivity index (χ1v) is 12.0. The first kappa shape index (κ1) is 27.3. The van der Waals surface area contributed by atoms with Crippen LogP contribution in [0.25, 0.3) is 21.8 Å². The number of esters is 1. The minimum Gasteiger partial charge on any atom is -0.460 e.